The third-order valence-electron chi connectivity index (χ3n) is 3.34. The highest BCUT2D eigenvalue weighted by Crippen LogP contribution is 2.15. The van der Waals surface area contributed by atoms with E-state index in [0.717, 1.165) is 17.7 Å². The van der Waals surface area contributed by atoms with Gasteiger partial charge in [-0.15, -0.1) is 0 Å². The Morgan fingerprint density at radius 2 is 1.80 bits per heavy atom. The Balaban J connectivity index is 1.93. The topological polar surface area (TPSA) is 35.8 Å². The van der Waals surface area contributed by atoms with Gasteiger partial charge >= 0.3 is 0 Å². The first-order chi connectivity index (χ1) is 9.70. The fourth-order valence-corrected chi connectivity index (χ4v) is 2.02. The maximum atomic E-state index is 8.79. The second kappa shape index (κ2) is 6.70. The summed E-state index contributed by atoms with van der Waals surface area (Å²) in [5.74, 6) is 0. The van der Waals surface area contributed by atoms with Crippen molar-refractivity contribution in [1.29, 1.82) is 5.26 Å². The second-order valence-electron chi connectivity index (χ2n) is 4.81. The van der Waals surface area contributed by atoms with Gasteiger partial charge in [0.2, 0.25) is 0 Å². The van der Waals surface area contributed by atoms with E-state index in [2.05, 4.69) is 37.0 Å². The molecular formula is C18H18N2. The molecular weight excluding hydrogens is 244 g/mol. The van der Waals surface area contributed by atoms with E-state index < -0.39 is 0 Å². The monoisotopic (exact) mass is 262 g/mol. The van der Waals surface area contributed by atoms with Gasteiger partial charge in [0, 0.05) is 12.6 Å². The normalized spacial score (nSPS) is 11.6. The predicted molar refractivity (Wildman–Crippen MR) is 83.1 cm³/mol. The van der Waals surface area contributed by atoms with Crippen molar-refractivity contribution in [2.75, 3.05) is 6.54 Å². The van der Waals surface area contributed by atoms with Gasteiger partial charge in [0.05, 0.1) is 11.6 Å². The van der Waals surface area contributed by atoms with Crippen LogP contribution >= 0.6 is 0 Å². The number of benzene rings is 2. The van der Waals surface area contributed by atoms with Crippen LogP contribution in [0.15, 0.2) is 61.2 Å². The Morgan fingerprint density at radius 3 is 2.40 bits per heavy atom. The molecule has 2 nitrogen and oxygen atoms in total. The molecule has 0 spiro atoms. The summed E-state index contributed by atoms with van der Waals surface area (Å²) in [6, 6.07) is 20.2. The molecule has 0 radical (unpaired) electrons. The molecule has 1 atom stereocenters. The summed E-state index contributed by atoms with van der Waals surface area (Å²) in [6.45, 7) is 6.96. The van der Waals surface area contributed by atoms with E-state index in [1.165, 1.54) is 5.56 Å². The number of rotatable bonds is 5. The first-order valence-electron chi connectivity index (χ1n) is 6.67. The predicted octanol–water partition coefficient (Wildman–Crippen LogP) is 3.92. The van der Waals surface area contributed by atoms with E-state index in [4.69, 9.17) is 5.26 Å². The standard InChI is InChI=1S/C18H18N2/c1-14(17-6-4-3-5-7-17)13-20-15(2)18-10-8-16(12-19)9-11-18/h3-11,15,20H,1,13H2,2H3. The van der Waals surface area contributed by atoms with E-state index in [9.17, 15) is 0 Å². The lowest BCUT2D eigenvalue weighted by atomic mass is 10.0. The molecule has 0 saturated carbocycles. The summed E-state index contributed by atoms with van der Waals surface area (Å²) in [4.78, 5) is 0. The van der Waals surface area contributed by atoms with E-state index in [0.29, 0.717) is 5.56 Å². The second-order valence-corrected chi connectivity index (χ2v) is 4.81. The Kier molecular flexibility index (Phi) is 4.70. The van der Waals surface area contributed by atoms with Crippen LogP contribution in [0.4, 0.5) is 0 Å². The van der Waals surface area contributed by atoms with Crippen LogP contribution in [-0.2, 0) is 0 Å². The van der Waals surface area contributed by atoms with Crippen molar-refractivity contribution in [1.82, 2.24) is 5.32 Å². The minimum atomic E-state index is 0.225. The lowest BCUT2D eigenvalue weighted by Crippen LogP contribution is -2.20. The third kappa shape index (κ3) is 3.57. The van der Waals surface area contributed by atoms with E-state index >= 15 is 0 Å². The SMILES string of the molecule is C=C(CNC(C)c1ccc(C#N)cc1)c1ccccc1. The van der Waals surface area contributed by atoms with Crippen molar-refractivity contribution in [3.63, 3.8) is 0 Å². The molecule has 0 heterocycles. The molecule has 2 aromatic rings. The summed E-state index contributed by atoms with van der Waals surface area (Å²) in [6.07, 6.45) is 0. The zero-order chi connectivity index (χ0) is 14.4. The number of nitrogens with one attached hydrogen (secondary N) is 1. The van der Waals surface area contributed by atoms with E-state index in [1.54, 1.807) is 0 Å². The lowest BCUT2D eigenvalue weighted by Gasteiger charge is -2.15. The van der Waals surface area contributed by atoms with Crippen LogP contribution in [0, 0.1) is 11.3 Å². The van der Waals surface area contributed by atoms with Crippen LogP contribution in [0.3, 0.4) is 0 Å². The first-order valence-corrected chi connectivity index (χ1v) is 6.67. The van der Waals surface area contributed by atoms with Gasteiger partial charge in [0.1, 0.15) is 0 Å². The highest BCUT2D eigenvalue weighted by Gasteiger charge is 2.06. The quantitative estimate of drug-likeness (QED) is 0.886. The summed E-state index contributed by atoms with van der Waals surface area (Å²) < 4.78 is 0. The maximum Gasteiger partial charge on any atom is 0.0991 e. The van der Waals surface area contributed by atoms with E-state index in [1.807, 2.05) is 42.5 Å². The zero-order valence-corrected chi connectivity index (χ0v) is 11.6. The Hall–Kier alpha value is -2.37. The molecule has 0 amide bonds. The highest BCUT2D eigenvalue weighted by atomic mass is 14.9. The molecule has 20 heavy (non-hydrogen) atoms. The Bertz CT molecular complexity index is 606. The van der Waals surface area contributed by atoms with Gasteiger partial charge in [-0.2, -0.15) is 5.26 Å². The van der Waals surface area contributed by atoms with Gasteiger partial charge in [0.25, 0.3) is 0 Å². The maximum absolute atomic E-state index is 8.79. The minimum absolute atomic E-state index is 0.225. The van der Waals surface area contributed by atoms with Crippen molar-refractivity contribution in [3.8, 4) is 6.07 Å². The fraction of sp³-hybridized carbons (Fsp3) is 0.167. The largest absolute Gasteiger partial charge is 0.306 e. The van der Waals surface area contributed by atoms with Gasteiger partial charge in [-0.05, 0) is 35.8 Å². The Morgan fingerprint density at radius 1 is 1.15 bits per heavy atom. The van der Waals surface area contributed by atoms with Crippen molar-refractivity contribution >= 4 is 5.57 Å². The van der Waals surface area contributed by atoms with Crippen LogP contribution in [0.25, 0.3) is 5.57 Å². The lowest BCUT2D eigenvalue weighted by molar-refractivity contribution is 0.622. The van der Waals surface area contributed by atoms with Crippen LogP contribution in [-0.4, -0.2) is 6.54 Å². The van der Waals surface area contributed by atoms with Crippen LogP contribution in [0.2, 0.25) is 0 Å². The summed E-state index contributed by atoms with van der Waals surface area (Å²) >= 11 is 0. The number of hydrogen-bond donors (Lipinski definition) is 1. The summed E-state index contributed by atoms with van der Waals surface area (Å²) in [5.41, 5.74) is 4.10. The molecule has 100 valence electrons. The molecule has 0 aliphatic rings. The van der Waals surface area contributed by atoms with Crippen LogP contribution < -0.4 is 5.32 Å². The minimum Gasteiger partial charge on any atom is -0.306 e. The molecule has 0 bridgehead atoms. The molecule has 0 aliphatic heterocycles. The molecule has 1 unspecified atom stereocenters. The molecule has 0 fully saturated rings. The van der Waals surface area contributed by atoms with Gasteiger partial charge in [-0.3, -0.25) is 0 Å². The molecule has 2 aromatic carbocycles. The number of nitrogens with zero attached hydrogens (tertiary/aromatic N) is 1. The third-order valence-corrected chi connectivity index (χ3v) is 3.34. The average molecular weight is 262 g/mol. The molecule has 2 rings (SSSR count). The molecule has 0 saturated heterocycles. The molecule has 1 N–H and O–H groups in total. The van der Waals surface area contributed by atoms with Crippen molar-refractivity contribution in [2.45, 2.75) is 13.0 Å². The van der Waals surface area contributed by atoms with Gasteiger partial charge < -0.3 is 5.32 Å². The van der Waals surface area contributed by atoms with Crippen molar-refractivity contribution in [2.24, 2.45) is 0 Å². The van der Waals surface area contributed by atoms with Gasteiger partial charge in [-0.1, -0.05) is 49.0 Å². The number of nitriles is 1. The Labute approximate surface area is 120 Å². The van der Waals surface area contributed by atoms with Crippen LogP contribution in [0.1, 0.15) is 29.7 Å². The van der Waals surface area contributed by atoms with Crippen LogP contribution in [0.5, 0.6) is 0 Å². The fourth-order valence-electron chi connectivity index (χ4n) is 2.02. The van der Waals surface area contributed by atoms with Crippen molar-refractivity contribution < 1.29 is 0 Å². The molecule has 2 heteroatoms. The van der Waals surface area contributed by atoms with Gasteiger partial charge in [-0.25, -0.2) is 0 Å². The molecule has 0 aliphatic carbocycles. The first kappa shape index (κ1) is 14.0. The smallest absolute Gasteiger partial charge is 0.0991 e. The summed E-state index contributed by atoms with van der Waals surface area (Å²) in [5, 5.41) is 12.2. The highest BCUT2D eigenvalue weighted by molar-refractivity contribution is 5.64. The number of hydrogen-bond acceptors (Lipinski definition) is 2. The van der Waals surface area contributed by atoms with Gasteiger partial charge in [0.15, 0.2) is 0 Å². The zero-order valence-electron chi connectivity index (χ0n) is 11.6. The van der Waals surface area contributed by atoms with E-state index in [-0.39, 0.29) is 6.04 Å². The van der Waals surface area contributed by atoms with Crippen molar-refractivity contribution in [3.05, 3.63) is 77.9 Å². The molecule has 0 aromatic heterocycles. The average Bonchev–Trinajstić information content (AvgIpc) is 2.53. The summed E-state index contributed by atoms with van der Waals surface area (Å²) in [7, 11) is 0.